The third kappa shape index (κ3) is 3.23. The molecule has 4 rings (SSSR count). The van der Waals surface area contributed by atoms with Gasteiger partial charge in [-0.15, -0.1) is 5.10 Å². The number of para-hydroxylation sites is 1. The number of hydrogen-bond donors (Lipinski definition) is 1. The number of benzene rings is 1. The summed E-state index contributed by atoms with van der Waals surface area (Å²) >= 11 is 0. The molecule has 0 radical (unpaired) electrons. The van der Waals surface area contributed by atoms with Gasteiger partial charge in [-0.25, -0.2) is 9.48 Å². The molecule has 0 spiro atoms. The highest BCUT2D eigenvalue weighted by atomic mass is 16.2. The minimum atomic E-state index is -0.733. The maximum atomic E-state index is 12.7. The van der Waals surface area contributed by atoms with E-state index in [1.165, 1.54) is 0 Å². The second kappa shape index (κ2) is 7.06. The Hall–Kier alpha value is -3.23. The third-order valence-electron chi connectivity index (χ3n) is 5.09. The Labute approximate surface area is 162 Å². The predicted molar refractivity (Wildman–Crippen MR) is 101 cm³/mol. The number of hydrogen-bond acceptors (Lipinski definition) is 5. The number of imide groups is 1. The standard InChI is InChI=1S/C19H22N6O3/c1-12(2)25-10-14(21-22-25)9-15-18(27)24(19(28)20-15)11-17(26)23-8-7-13-5-3-4-6-16(13)23/h3-6,10,12,15H,7-9,11H2,1-2H3,(H,20,28)/t15-/m0/s1. The molecule has 1 fully saturated rings. The molecule has 9 nitrogen and oxygen atoms in total. The lowest BCUT2D eigenvalue weighted by Gasteiger charge is -2.20. The Bertz CT molecular complexity index is 937. The monoisotopic (exact) mass is 382 g/mol. The van der Waals surface area contributed by atoms with Crippen LogP contribution in [-0.2, 0) is 22.4 Å². The molecular weight excluding hydrogens is 360 g/mol. The molecule has 0 saturated carbocycles. The van der Waals surface area contributed by atoms with Crippen LogP contribution in [0.1, 0.15) is 31.1 Å². The van der Waals surface area contributed by atoms with Crippen LogP contribution >= 0.6 is 0 Å². The number of amides is 4. The van der Waals surface area contributed by atoms with Crippen LogP contribution in [0.5, 0.6) is 0 Å². The summed E-state index contributed by atoms with van der Waals surface area (Å²) in [6.45, 7) is 4.24. The van der Waals surface area contributed by atoms with E-state index < -0.39 is 18.0 Å². The van der Waals surface area contributed by atoms with E-state index in [0.717, 1.165) is 22.6 Å². The van der Waals surface area contributed by atoms with Crippen molar-refractivity contribution in [3.63, 3.8) is 0 Å². The van der Waals surface area contributed by atoms with E-state index in [4.69, 9.17) is 0 Å². The Morgan fingerprint density at radius 1 is 1.29 bits per heavy atom. The number of carbonyl (C=O) groups is 3. The van der Waals surface area contributed by atoms with Gasteiger partial charge in [-0.2, -0.15) is 0 Å². The van der Waals surface area contributed by atoms with Crippen LogP contribution in [0.25, 0.3) is 0 Å². The van der Waals surface area contributed by atoms with Gasteiger partial charge in [0.2, 0.25) is 5.91 Å². The predicted octanol–water partition coefficient (Wildman–Crippen LogP) is 0.911. The van der Waals surface area contributed by atoms with Crippen molar-refractivity contribution in [2.24, 2.45) is 0 Å². The molecule has 2 aliphatic rings. The lowest BCUT2D eigenvalue weighted by molar-refractivity contribution is -0.131. The first-order valence-electron chi connectivity index (χ1n) is 9.35. The molecule has 1 atom stereocenters. The number of fused-ring (bicyclic) bond motifs is 1. The average molecular weight is 382 g/mol. The first-order valence-corrected chi connectivity index (χ1v) is 9.35. The van der Waals surface area contributed by atoms with Crippen LogP contribution in [0.15, 0.2) is 30.5 Å². The van der Waals surface area contributed by atoms with Gasteiger partial charge in [0.1, 0.15) is 12.6 Å². The van der Waals surface area contributed by atoms with E-state index in [1.807, 2.05) is 38.1 Å². The summed E-state index contributed by atoms with van der Waals surface area (Å²) in [4.78, 5) is 40.3. The highest BCUT2D eigenvalue weighted by Gasteiger charge is 2.40. The van der Waals surface area contributed by atoms with Gasteiger partial charge in [-0.05, 0) is 31.9 Å². The van der Waals surface area contributed by atoms with Gasteiger partial charge in [-0.1, -0.05) is 23.4 Å². The maximum Gasteiger partial charge on any atom is 0.325 e. The van der Waals surface area contributed by atoms with Crippen LogP contribution in [0, 0.1) is 0 Å². The van der Waals surface area contributed by atoms with Crippen molar-refractivity contribution >= 4 is 23.5 Å². The maximum absolute atomic E-state index is 12.7. The molecule has 2 aromatic rings. The third-order valence-corrected chi connectivity index (χ3v) is 5.09. The zero-order valence-electron chi connectivity index (χ0n) is 15.8. The van der Waals surface area contributed by atoms with Gasteiger partial charge >= 0.3 is 6.03 Å². The number of nitrogens with zero attached hydrogens (tertiary/aromatic N) is 5. The molecule has 3 heterocycles. The summed E-state index contributed by atoms with van der Waals surface area (Å²) < 4.78 is 1.70. The highest BCUT2D eigenvalue weighted by Crippen LogP contribution is 2.27. The smallest absolute Gasteiger partial charge is 0.325 e. The highest BCUT2D eigenvalue weighted by molar-refractivity contribution is 6.08. The molecular formula is C19H22N6O3. The molecule has 146 valence electrons. The van der Waals surface area contributed by atoms with E-state index in [9.17, 15) is 14.4 Å². The zero-order chi connectivity index (χ0) is 19.8. The Kier molecular flexibility index (Phi) is 4.58. The van der Waals surface area contributed by atoms with Gasteiger partial charge in [0, 0.05) is 30.9 Å². The van der Waals surface area contributed by atoms with E-state index in [0.29, 0.717) is 12.2 Å². The quantitative estimate of drug-likeness (QED) is 0.775. The molecule has 1 aromatic carbocycles. The molecule has 0 aliphatic carbocycles. The minimum Gasteiger partial charge on any atom is -0.325 e. The SMILES string of the molecule is CC(C)n1cc(C[C@@H]2NC(=O)N(CC(=O)N3CCc4ccccc43)C2=O)nn1. The van der Waals surface area contributed by atoms with E-state index in [2.05, 4.69) is 15.6 Å². The van der Waals surface area contributed by atoms with Crippen molar-refractivity contribution in [3.05, 3.63) is 41.7 Å². The van der Waals surface area contributed by atoms with Crippen LogP contribution in [-0.4, -0.2) is 56.9 Å². The molecule has 4 amide bonds. The topological polar surface area (TPSA) is 100 Å². The fourth-order valence-electron chi connectivity index (χ4n) is 3.55. The summed E-state index contributed by atoms with van der Waals surface area (Å²) in [5.74, 6) is -0.676. The molecule has 28 heavy (non-hydrogen) atoms. The first-order chi connectivity index (χ1) is 13.4. The average Bonchev–Trinajstić information content (AvgIpc) is 3.36. The molecule has 9 heteroatoms. The second-order valence-corrected chi connectivity index (χ2v) is 7.34. The van der Waals surface area contributed by atoms with Crippen LogP contribution in [0.3, 0.4) is 0 Å². The Morgan fingerprint density at radius 3 is 2.82 bits per heavy atom. The van der Waals surface area contributed by atoms with Gasteiger partial charge in [0.15, 0.2) is 0 Å². The summed E-state index contributed by atoms with van der Waals surface area (Å²) in [6.07, 6.45) is 2.78. The molecule has 2 aliphatic heterocycles. The summed E-state index contributed by atoms with van der Waals surface area (Å²) in [5, 5.41) is 10.7. The second-order valence-electron chi connectivity index (χ2n) is 7.34. The van der Waals surface area contributed by atoms with Crippen LogP contribution < -0.4 is 10.2 Å². The van der Waals surface area contributed by atoms with Gasteiger partial charge < -0.3 is 10.2 Å². The molecule has 1 aromatic heterocycles. The largest absolute Gasteiger partial charge is 0.325 e. The molecule has 1 N–H and O–H groups in total. The first kappa shape index (κ1) is 18.1. The Balaban J connectivity index is 1.42. The van der Waals surface area contributed by atoms with Crippen molar-refractivity contribution in [1.82, 2.24) is 25.2 Å². The molecule has 1 saturated heterocycles. The van der Waals surface area contributed by atoms with Gasteiger partial charge in [0.25, 0.3) is 5.91 Å². The van der Waals surface area contributed by atoms with Crippen molar-refractivity contribution in [2.45, 2.75) is 38.8 Å². The summed E-state index contributed by atoms with van der Waals surface area (Å²) in [7, 11) is 0. The number of aromatic nitrogens is 3. The normalized spacial score (nSPS) is 18.8. The van der Waals surface area contributed by atoms with Crippen LogP contribution in [0.4, 0.5) is 10.5 Å². The zero-order valence-corrected chi connectivity index (χ0v) is 15.8. The minimum absolute atomic E-state index is 0.160. The lowest BCUT2D eigenvalue weighted by Crippen LogP contribution is -2.43. The Morgan fingerprint density at radius 2 is 2.07 bits per heavy atom. The van der Waals surface area contributed by atoms with E-state index in [-0.39, 0.29) is 24.9 Å². The molecule has 0 bridgehead atoms. The van der Waals surface area contributed by atoms with E-state index in [1.54, 1.807) is 15.8 Å². The number of anilines is 1. The lowest BCUT2D eigenvalue weighted by atomic mass is 10.1. The number of urea groups is 1. The van der Waals surface area contributed by atoms with Gasteiger partial charge in [-0.3, -0.25) is 14.5 Å². The molecule has 0 unspecified atom stereocenters. The van der Waals surface area contributed by atoms with E-state index >= 15 is 0 Å². The summed E-state index contributed by atoms with van der Waals surface area (Å²) in [6, 6.07) is 6.55. The number of rotatable bonds is 5. The number of carbonyl (C=O) groups excluding carboxylic acids is 3. The number of nitrogens with one attached hydrogen (secondary N) is 1. The fraction of sp³-hybridized carbons (Fsp3) is 0.421. The van der Waals surface area contributed by atoms with Crippen molar-refractivity contribution in [1.29, 1.82) is 0 Å². The fourth-order valence-corrected chi connectivity index (χ4v) is 3.55. The van der Waals surface area contributed by atoms with Crippen molar-refractivity contribution < 1.29 is 14.4 Å². The van der Waals surface area contributed by atoms with Crippen molar-refractivity contribution in [3.8, 4) is 0 Å². The van der Waals surface area contributed by atoms with Gasteiger partial charge in [0.05, 0.1) is 5.69 Å². The summed E-state index contributed by atoms with van der Waals surface area (Å²) in [5.41, 5.74) is 2.56. The van der Waals surface area contributed by atoms with Crippen molar-refractivity contribution in [2.75, 3.05) is 18.0 Å². The van der Waals surface area contributed by atoms with Crippen LogP contribution in [0.2, 0.25) is 0 Å².